The van der Waals surface area contributed by atoms with Gasteiger partial charge in [-0.15, -0.1) is 0 Å². The van der Waals surface area contributed by atoms with Crippen molar-refractivity contribution in [2.75, 3.05) is 15.9 Å². The van der Waals surface area contributed by atoms with E-state index < -0.39 is 22.0 Å². The summed E-state index contributed by atoms with van der Waals surface area (Å²) < 4.78 is 25.7. The third-order valence-electron chi connectivity index (χ3n) is 5.03. The highest BCUT2D eigenvalue weighted by Gasteiger charge is 2.28. The molecule has 0 aliphatic carbocycles. The molecule has 0 heterocycles. The quantitative estimate of drug-likeness (QED) is 0.381. The van der Waals surface area contributed by atoms with E-state index in [1.54, 1.807) is 85.8 Å². The predicted octanol–water partition coefficient (Wildman–Crippen LogP) is 3.63. The van der Waals surface area contributed by atoms with E-state index in [0.29, 0.717) is 22.6 Å². The molecule has 2 N–H and O–H groups in total. The minimum absolute atomic E-state index is 0.214. The number of carbonyl (C=O) groups excluding carboxylic acids is 2. The number of hydrazone groups is 1. The van der Waals surface area contributed by atoms with Crippen molar-refractivity contribution in [2.45, 2.75) is 19.9 Å². The van der Waals surface area contributed by atoms with Crippen LogP contribution >= 0.6 is 0 Å². The number of hydrogen-bond acceptors (Lipinski definition) is 5. The number of hydrogen-bond donors (Lipinski definition) is 2. The standard InChI is InChI=1S/C25H26N4O4S/c1-18(20-14-16-22(17-15-20)26-25(31)21-10-6-4-7-11-21)27-28-24(30)19(2)29(34(3,32)33)23-12-8-5-9-13-23/h4-17,19H,1-3H3,(H,26,31)(H,28,30)/b27-18-/t19-/m1/s1. The molecule has 0 saturated heterocycles. The largest absolute Gasteiger partial charge is 0.322 e. The number of benzene rings is 3. The van der Waals surface area contributed by atoms with Crippen molar-refractivity contribution in [1.29, 1.82) is 0 Å². The van der Waals surface area contributed by atoms with Crippen molar-refractivity contribution in [1.82, 2.24) is 5.43 Å². The van der Waals surface area contributed by atoms with Crippen LogP contribution in [-0.4, -0.2) is 38.2 Å². The van der Waals surface area contributed by atoms with Gasteiger partial charge in [0.2, 0.25) is 10.0 Å². The van der Waals surface area contributed by atoms with Gasteiger partial charge in [-0.05, 0) is 55.8 Å². The zero-order valence-electron chi connectivity index (χ0n) is 19.1. The number of nitrogens with one attached hydrogen (secondary N) is 2. The van der Waals surface area contributed by atoms with Gasteiger partial charge >= 0.3 is 0 Å². The fourth-order valence-corrected chi connectivity index (χ4v) is 4.44. The summed E-state index contributed by atoms with van der Waals surface area (Å²) in [5.74, 6) is -0.783. The van der Waals surface area contributed by atoms with Crippen LogP contribution < -0.4 is 15.0 Å². The van der Waals surface area contributed by atoms with Gasteiger partial charge < -0.3 is 5.32 Å². The van der Waals surface area contributed by atoms with Crippen LogP contribution in [0.2, 0.25) is 0 Å². The van der Waals surface area contributed by atoms with Gasteiger partial charge in [-0.2, -0.15) is 5.10 Å². The minimum Gasteiger partial charge on any atom is -0.322 e. The molecule has 9 heteroatoms. The van der Waals surface area contributed by atoms with Crippen LogP contribution in [0.1, 0.15) is 29.8 Å². The molecular formula is C25H26N4O4S. The molecule has 3 aromatic rings. The number of amides is 2. The fraction of sp³-hybridized carbons (Fsp3) is 0.160. The van der Waals surface area contributed by atoms with Gasteiger partial charge in [-0.1, -0.05) is 48.5 Å². The lowest BCUT2D eigenvalue weighted by Gasteiger charge is -2.27. The zero-order valence-corrected chi connectivity index (χ0v) is 19.9. The molecule has 1 atom stereocenters. The summed E-state index contributed by atoms with van der Waals surface area (Å²) in [4.78, 5) is 25.0. The molecule has 8 nitrogen and oxygen atoms in total. The van der Waals surface area contributed by atoms with Crippen molar-refractivity contribution in [3.63, 3.8) is 0 Å². The van der Waals surface area contributed by atoms with E-state index >= 15 is 0 Å². The number of nitrogens with zero attached hydrogens (tertiary/aromatic N) is 2. The second kappa shape index (κ2) is 10.8. The first kappa shape index (κ1) is 24.7. The van der Waals surface area contributed by atoms with Crippen molar-refractivity contribution in [3.05, 3.63) is 96.1 Å². The minimum atomic E-state index is -3.70. The molecular weight excluding hydrogens is 452 g/mol. The molecule has 3 aromatic carbocycles. The Hall–Kier alpha value is -3.98. The average molecular weight is 479 g/mol. The molecule has 34 heavy (non-hydrogen) atoms. The van der Waals surface area contributed by atoms with Gasteiger partial charge in [0.05, 0.1) is 17.7 Å². The molecule has 0 unspecified atom stereocenters. The van der Waals surface area contributed by atoms with E-state index in [-0.39, 0.29) is 5.91 Å². The Labute approximate surface area is 199 Å². The van der Waals surface area contributed by atoms with E-state index in [1.165, 1.54) is 6.92 Å². The highest BCUT2D eigenvalue weighted by molar-refractivity contribution is 7.92. The monoisotopic (exact) mass is 478 g/mol. The van der Waals surface area contributed by atoms with Gasteiger partial charge in [0.25, 0.3) is 11.8 Å². The Morgan fingerprint density at radius 1 is 0.853 bits per heavy atom. The Bertz CT molecular complexity index is 1280. The molecule has 176 valence electrons. The van der Waals surface area contributed by atoms with Crippen LogP contribution in [0.15, 0.2) is 90.0 Å². The van der Waals surface area contributed by atoms with Crippen molar-refractivity contribution < 1.29 is 18.0 Å². The normalized spacial score (nSPS) is 12.5. The maximum Gasteiger partial charge on any atom is 0.263 e. The SMILES string of the molecule is C/C(=N/NC(=O)[C@@H](C)N(c1ccccc1)S(C)(=O)=O)c1ccc(NC(=O)c2ccccc2)cc1. The number of anilines is 2. The lowest BCUT2D eigenvalue weighted by molar-refractivity contribution is -0.121. The molecule has 0 spiro atoms. The molecule has 3 rings (SSSR count). The van der Waals surface area contributed by atoms with Crippen LogP contribution in [0.4, 0.5) is 11.4 Å². The van der Waals surface area contributed by atoms with E-state index in [2.05, 4.69) is 15.8 Å². The van der Waals surface area contributed by atoms with Crippen LogP contribution in [0.3, 0.4) is 0 Å². The second-order valence-electron chi connectivity index (χ2n) is 7.64. The van der Waals surface area contributed by atoms with E-state index in [4.69, 9.17) is 0 Å². The second-order valence-corrected chi connectivity index (χ2v) is 9.50. The smallest absolute Gasteiger partial charge is 0.263 e. The number of carbonyl (C=O) groups is 2. The summed E-state index contributed by atoms with van der Waals surface area (Å²) in [6, 6.07) is 23.3. The highest BCUT2D eigenvalue weighted by Crippen LogP contribution is 2.20. The van der Waals surface area contributed by atoms with Crippen molar-refractivity contribution >= 4 is 38.9 Å². The van der Waals surface area contributed by atoms with Crippen LogP contribution in [0.25, 0.3) is 0 Å². The summed E-state index contributed by atoms with van der Waals surface area (Å²) >= 11 is 0. The summed E-state index contributed by atoms with van der Waals surface area (Å²) in [7, 11) is -3.70. The van der Waals surface area contributed by atoms with E-state index in [0.717, 1.165) is 16.1 Å². The molecule has 0 bridgehead atoms. The van der Waals surface area contributed by atoms with Gasteiger partial charge in [-0.25, -0.2) is 13.8 Å². The maximum atomic E-state index is 12.7. The summed E-state index contributed by atoms with van der Waals surface area (Å²) in [5.41, 5.74) is 5.26. The summed E-state index contributed by atoms with van der Waals surface area (Å²) in [6.07, 6.45) is 1.05. The summed E-state index contributed by atoms with van der Waals surface area (Å²) in [6.45, 7) is 3.21. The molecule has 0 saturated carbocycles. The number of para-hydroxylation sites is 1. The van der Waals surface area contributed by atoms with Gasteiger partial charge in [0, 0.05) is 11.3 Å². The van der Waals surface area contributed by atoms with Crippen LogP contribution in [0, 0.1) is 0 Å². The molecule has 0 radical (unpaired) electrons. The van der Waals surface area contributed by atoms with Crippen LogP contribution in [0.5, 0.6) is 0 Å². The first-order chi connectivity index (χ1) is 16.2. The van der Waals surface area contributed by atoms with Crippen molar-refractivity contribution in [3.8, 4) is 0 Å². The third kappa shape index (κ3) is 6.29. The topological polar surface area (TPSA) is 108 Å². The third-order valence-corrected chi connectivity index (χ3v) is 6.27. The average Bonchev–Trinajstić information content (AvgIpc) is 2.83. The Kier molecular flexibility index (Phi) is 7.80. The molecule has 0 aliphatic rings. The lowest BCUT2D eigenvalue weighted by atomic mass is 10.1. The van der Waals surface area contributed by atoms with E-state index in [1.807, 2.05) is 6.07 Å². The molecule has 0 aliphatic heterocycles. The van der Waals surface area contributed by atoms with Gasteiger partial charge in [-0.3, -0.25) is 13.9 Å². The summed E-state index contributed by atoms with van der Waals surface area (Å²) in [5, 5.41) is 6.94. The molecule has 2 amide bonds. The Morgan fingerprint density at radius 3 is 1.97 bits per heavy atom. The van der Waals surface area contributed by atoms with Gasteiger partial charge in [0.1, 0.15) is 6.04 Å². The van der Waals surface area contributed by atoms with E-state index in [9.17, 15) is 18.0 Å². The fourth-order valence-electron chi connectivity index (χ4n) is 3.27. The lowest BCUT2D eigenvalue weighted by Crippen LogP contribution is -2.46. The Balaban J connectivity index is 1.66. The molecule has 0 aromatic heterocycles. The zero-order chi connectivity index (χ0) is 24.7. The first-order valence-electron chi connectivity index (χ1n) is 10.5. The maximum absolute atomic E-state index is 12.7. The predicted molar refractivity (Wildman–Crippen MR) is 134 cm³/mol. The Morgan fingerprint density at radius 2 is 1.41 bits per heavy atom. The molecule has 0 fully saturated rings. The van der Waals surface area contributed by atoms with Gasteiger partial charge in [0.15, 0.2) is 0 Å². The number of sulfonamides is 1. The number of rotatable bonds is 8. The van der Waals surface area contributed by atoms with Crippen molar-refractivity contribution in [2.24, 2.45) is 5.10 Å². The van der Waals surface area contributed by atoms with Crippen LogP contribution in [-0.2, 0) is 14.8 Å². The highest BCUT2D eigenvalue weighted by atomic mass is 32.2. The first-order valence-corrected chi connectivity index (χ1v) is 12.4.